The minimum absolute atomic E-state index is 0.140. The van der Waals surface area contributed by atoms with E-state index in [1.54, 1.807) is 12.1 Å². The van der Waals surface area contributed by atoms with E-state index in [1.165, 1.54) is 43.8 Å². The molecule has 0 radical (unpaired) electrons. The molecule has 4 rings (SSSR count). The van der Waals surface area contributed by atoms with E-state index in [1.807, 2.05) is 0 Å². The smallest absolute Gasteiger partial charge is 0.254 e. The van der Waals surface area contributed by atoms with Gasteiger partial charge in [0.2, 0.25) is 0 Å². The van der Waals surface area contributed by atoms with Crippen LogP contribution in [0.2, 0.25) is 0 Å². The van der Waals surface area contributed by atoms with Gasteiger partial charge in [-0.25, -0.2) is 4.98 Å². The number of aromatic hydroxyl groups is 2. The van der Waals surface area contributed by atoms with Crippen molar-refractivity contribution in [2.24, 2.45) is 11.8 Å². The fourth-order valence-corrected chi connectivity index (χ4v) is 3.79. The van der Waals surface area contributed by atoms with Crippen molar-refractivity contribution in [3.8, 4) is 11.5 Å². The number of pyridine rings is 2. The molecule has 3 atom stereocenters. The van der Waals surface area contributed by atoms with E-state index < -0.39 is 17.8 Å². The molecule has 3 N–H and O–H groups in total. The third-order valence-electron chi connectivity index (χ3n) is 5.08. The summed E-state index contributed by atoms with van der Waals surface area (Å²) in [7, 11) is 0. The van der Waals surface area contributed by atoms with Gasteiger partial charge in [0, 0.05) is 25.8 Å². The van der Waals surface area contributed by atoms with Gasteiger partial charge in [-0.1, -0.05) is 6.42 Å². The molecule has 3 heterocycles. The lowest BCUT2D eigenvalue weighted by Crippen LogP contribution is -2.27. The molecular weight excluding hydrogens is 337 g/mol. The van der Waals surface area contributed by atoms with Gasteiger partial charge in [-0.15, -0.1) is 0 Å². The Morgan fingerprint density at radius 2 is 1.85 bits per heavy atom. The lowest BCUT2D eigenvalue weighted by atomic mass is 10.0. The van der Waals surface area contributed by atoms with E-state index in [4.69, 9.17) is 5.11 Å². The molecule has 0 aromatic carbocycles. The number of rotatable bonds is 3. The molecule has 140 valence electrons. The number of aliphatic hydroxyl groups excluding tert-OH is 1. The summed E-state index contributed by atoms with van der Waals surface area (Å²) in [5, 5.41) is 27.8. The molecule has 1 saturated carbocycles. The largest absolute Gasteiger partial charge is 0.506 e. The number of aromatic nitrogens is 2. The van der Waals surface area contributed by atoms with E-state index >= 15 is 0 Å². The molecule has 2 aliphatic rings. The van der Waals surface area contributed by atoms with Gasteiger partial charge in [-0.2, -0.15) is 4.39 Å². The standard InChI is InChI=1S/C14H20N2O2.C5H4FNO/c17-12-4-5-13(15-6-12)14(18)9-16-7-10-2-1-3-11(10)8-16;6-5-4(8)2-1-3-7-5/h4-6,10-11,14,17-18H,1-3,7-9H2;1-3,8H/t10-,11+,14?;. The van der Waals surface area contributed by atoms with Gasteiger partial charge in [0.05, 0.1) is 11.9 Å². The second-order valence-electron chi connectivity index (χ2n) is 6.94. The normalized spacial score (nSPS) is 23.2. The van der Waals surface area contributed by atoms with Gasteiger partial charge < -0.3 is 15.3 Å². The van der Waals surface area contributed by atoms with Gasteiger partial charge in [-0.3, -0.25) is 9.88 Å². The van der Waals surface area contributed by atoms with E-state index in [0.29, 0.717) is 12.2 Å². The number of hydrogen-bond acceptors (Lipinski definition) is 6. The average molecular weight is 361 g/mol. The first-order chi connectivity index (χ1) is 12.5. The maximum atomic E-state index is 12.0. The summed E-state index contributed by atoms with van der Waals surface area (Å²) in [5.74, 6) is 0.608. The van der Waals surface area contributed by atoms with Crippen molar-refractivity contribution in [3.63, 3.8) is 0 Å². The Labute approximate surface area is 152 Å². The summed E-state index contributed by atoms with van der Waals surface area (Å²) in [5.41, 5.74) is 0.643. The van der Waals surface area contributed by atoms with Crippen molar-refractivity contribution in [3.05, 3.63) is 48.3 Å². The number of nitrogens with zero attached hydrogens (tertiary/aromatic N) is 3. The number of fused-ring (bicyclic) bond motifs is 1. The van der Waals surface area contributed by atoms with Crippen LogP contribution in [0.3, 0.4) is 0 Å². The molecule has 1 unspecified atom stereocenters. The number of hydrogen-bond donors (Lipinski definition) is 3. The molecule has 2 aromatic heterocycles. The van der Waals surface area contributed by atoms with Crippen LogP contribution in [0.5, 0.6) is 11.5 Å². The topological polar surface area (TPSA) is 89.7 Å². The van der Waals surface area contributed by atoms with Crippen LogP contribution >= 0.6 is 0 Å². The monoisotopic (exact) mass is 361 g/mol. The average Bonchev–Trinajstić information content (AvgIpc) is 3.20. The highest BCUT2D eigenvalue weighted by molar-refractivity contribution is 5.19. The highest BCUT2D eigenvalue weighted by Gasteiger charge is 2.36. The molecule has 0 amide bonds. The third-order valence-corrected chi connectivity index (χ3v) is 5.08. The minimum atomic E-state index is -0.826. The van der Waals surface area contributed by atoms with Crippen LogP contribution in [0.4, 0.5) is 4.39 Å². The predicted molar refractivity (Wildman–Crippen MR) is 94.0 cm³/mol. The van der Waals surface area contributed by atoms with Crippen LogP contribution in [-0.4, -0.2) is 49.8 Å². The second-order valence-corrected chi connectivity index (χ2v) is 6.94. The fourth-order valence-electron chi connectivity index (χ4n) is 3.79. The summed E-state index contributed by atoms with van der Waals surface area (Å²) in [6.07, 6.45) is 6.20. The van der Waals surface area contributed by atoms with Crippen molar-refractivity contribution >= 4 is 0 Å². The zero-order valence-corrected chi connectivity index (χ0v) is 14.5. The van der Waals surface area contributed by atoms with E-state index in [9.17, 15) is 14.6 Å². The van der Waals surface area contributed by atoms with Crippen LogP contribution in [0.25, 0.3) is 0 Å². The summed E-state index contributed by atoms with van der Waals surface area (Å²) >= 11 is 0. The number of β-amino-alcohol motifs (C(OH)–C–C–N with tert-alkyl or cyclic N) is 1. The van der Waals surface area contributed by atoms with Crippen molar-refractivity contribution in [1.29, 1.82) is 0 Å². The maximum absolute atomic E-state index is 12.0. The first kappa shape index (κ1) is 18.5. The zero-order valence-electron chi connectivity index (χ0n) is 14.5. The van der Waals surface area contributed by atoms with Crippen molar-refractivity contribution in [2.75, 3.05) is 19.6 Å². The molecule has 0 spiro atoms. The lowest BCUT2D eigenvalue weighted by Gasteiger charge is -2.20. The molecule has 1 aliphatic heterocycles. The Morgan fingerprint density at radius 1 is 1.12 bits per heavy atom. The van der Waals surface area contributed by atoms with Crippen LogP contribution in [0, 0.1) is 17.8 Å². The molecule has 2 aromatic rings. The molecule has 7 heteroatoms. The van der Waals surface area contributed by atoms with Crippen LogP contribution < -0.4 is 0 Å². The third kappa shape index (κ3) is 4.68. The van der Waals surface area contributed by atoms with E-state index in [-0.39, 0.29) is 5.75 Å². The molecular formula is C19H24FN3O3. The molecule has 1 saturated heterocycles. The number of likely N-dealkylation sites (tertiary alicyclic amines) is 1. The van der Waals surface area contributed by atoms with Gasteiger partial charge in [0.25, 0.3) is 5.95 Å². The highest BCUT2D eigenvalue weighted by atomic mass is 19.1. The van der Waals surface area contributed by atoms with Crippen molar-refractivity contribution in [1.82, 2.24) is 14.9 Å². The minimum Gasteiger partial charge on any atom is -0.506 e. The molecule has 2 fully saturated rings. The number of aliphatic hydroxyl groups is 1. The fraction of sp³-hybridized carbons (Fsp3) is 0.474. The Hall–Kier alpha value is -2.25. The Kier molecular flexibility index (Phi) is 6.00. The highest BCUT2D eigenvalue weighted by Crippen LogP contribution is 2.38. The van der Waals surface area contributed by atoms with E-state index in [2.05, 4.69) is 14.9 Å². The predicted octanol–water partition coefficient (Wildman–Crippen LogP) is 2.48. The maximum Gasteiger partial charge on any atom is 0.254 e. The molecule has 1 aliphatic carbocycles. The Bertz CT molecular complexity index is 680. The van der Waals surface area contributed by atoms with Gasteiger partial charge in [0.15, 0.2) is 5.75 Å². The van der Waals surface area contributed by atoms with Crippen LogP contribution in [-0.2, 0) is 0 Å². The van der Waals surface area contributed by atoms with Crippen molar-refractivity contribution < 1.29 is 19.7 Å². The van der Waals surface area contributed by atoms with Gasteiger partial charge in [-0.05, 0) is 48.9 Å². The molecule has 6 nitrogen and oxygen atoms in total. The summed E-state index contributed by atoms with van der Waals surface area (Å²) in [6, 6.07) is 5.96. The van der Waals surface area contributed by atoms with Crippen LogP contribution in [0.1, 0.15) is 31.1 Å². The molecule has 0 bridgehead atoms. The summed E-state index contributed by atoms with van der Waals surface area (Å²) in [6.45, 7) is 2.91. The van der Waals surface area contributed by atoms with Gasteiger partial charge in [0.1, 0.15) is 11.9 Å². The first-order valence-corrected chi connectivity index (χ1v) is 8.87. The van der Waals surface area contributed by atoms with Gasteiger partial charge >= 0.3 is 0 Å². The van der Waals surface area contributed by atoms with Crippen LogP contribution in [0.15, 0.2) is 36.7 Å². The lowest BCUT2D eigenvalue weighted by molar-refractivity contribution is 0.118. The SMILES string of the molecule is Oc1ccc(C(O)CN2C[C@H]3CCC[C@H]3C2)nc1.Oc1cccnc1F. The second kappa shape index (κ2) is 8.42. The quantitative estimate of drug-likeness (QED) is 0.728. The first-order valence-electron chi connectivity index (χ1n) is 8.87. The zero-order chi connectivity index (χ0) is 18.5. The number of halogens is 1. The van der Waals surface area contributed by atoms with E-state index in [0.717, 1.165) is 24.9 Å². The Morgan fingerprint density at radius 3 is 2.38 bits per heavy atom. The Balaban J connectivity index is 0.000000206. The molecule has 26 heavy (non-hydrogen) atoms. The summed E-state index contributed by atoms with van der Waals surface area (Å²) in [4.78, 5) is 9.58. The summed E-state index contributed by atoms with van der Waals surface area (Å²) < 4.78 is 12.0. The van der Waals surface area contributed by atoms with Crippen molar-refractivity contribution in [2.45, 2.75) is 25.4 Å².